The molecule has 0 aliphatic carbocycles. The highest BCUT2D eigenvalue weighted by Crippen LogP contribution is 2.19. The molecule has 1 aromatic rings. The first-order valence-electron chi connectivity index (χ1n) is 7.25. The standard InChI is InChI=1S/C15H28N4O/c1-7-8-18(6)12-9-14(20)19(17-10-12)11-13(16-5)15(2,3)4/h9-10,13,16H,7-8,11H2,1-6H3. The van der Waals surface area contributed by atoms with Crippen LogP contribution in [0.4, 0.5) is 5.69 Å². The zero-order chi connectivity index (χ0) is 15.3. The first-order chi connectivity index (χ1) is 9.29. The van der Waals surface area contributed by atoms with Crippen LogP contribution >= 0.6 is 0 Å². The predicted molar refractivity (Wildman–Crippen MR) is 84.4 cm³/mol. The summed E-state index contributed by atoms with van der Waals surface area (Å²) in [6.45, 7) is 10.1. The monoisotopic (exact) mass is 280 g/mol. The molecule has 1 unspecified atom stereocenters. The maximum atomic E-state index is 12.2. The fourth-order valence-electron chi connectivity index (χ4n) is 2.21. The third-order valence-corrected chi connectivity index (χ3v) is 3.60. The van der Waals surface area contributed by atoms with Gasteiger partial charge in [0.1, 0.15) is 0 Å². The molecular weight excluding hydrogens is 252 g/mol. The molecule has 1 rings (SSSR count). The van der Waals surface area contributed by atoms with E-state index < -0.39 is 0 Å². The lowest BCUT2D eigenvalue weighted by Crippen LogP contribution is -2.44. The van der Waals surface area contributed by atoms with Crippen molar-refractivity contribution in [2.75, 3.05) is 25.5 Å². The molecule has 0 amide bonds. The van der Waals surface area contributed by atoms with Gasteiger partial charge in [-0.05, 0) is 18.9 Å². The van der Waals surface area contributed by atoms with E-state index in [1.54, 1.807) is 12.3 Å². The van der Waals surface area contributed by atoms with Crippen LogP contribution in [0.2, 0.25) is 0 Å². The fourth-order valence-corrected chi connectivity index (χ4v) is 2.21. The topological polar surface area (TPSA) is 50.2 Å². The molecule has 114 valence electrons. The Bertz CT molecular complexity index is 475. The maximum Gasteiger partial charge on any atom is 0.268 e. The van der Waals surface area contributed by atoms with E-state index in [4.69, 9.17) is 0 Å². The second-order valence-corrected chi connectivity index (χ2v) is 6.36. The SMILES string of the molecule is CCCN(C)c1cnn(CC(NC)C(C)(C)C)c(=O)c1. The summed E-state index contributed by atoms with van der Waals surface area (Å²) in [5.41, 5.74) is 0.910. The molecule has 0 fully saturated rings. The molecular formula is C15H28N4O. The summed E-state index contributed by atoms with van der Waals surface area (Å²) in [6.07, 6.45) is 2.82. The van der Waals surface area contributed by atoms with Gasteiger partial charge < -0.3 is 10.2 Å². The number of hydrogen-bond acceptors (Lipinski definition) is 4. The van der Waals surface area contributed by atoms with Gasteiger partial charge in [-0.25, -0.2) is 4.68 Å². The lowest BCUT2D eigenvalue weighted by atomic mass is 9.87. The van der Waals surface area contributed by atoms with Gasteiger partial charge in [-0.3, -0.25) is 4.79 Å². The highest BCUT2D eigenvalue weighted by molar-refractivity contribution is 5.41. The molecule has 1 heterocycles. The van der Waals surface area contributed by atoms with Crippen LogP contribution in [-0.4, -0.2) is 36.5 Å². The van der Waals surface area contributed by atoms with Crippen LogP contribution in [0.5, 0.6) is 0 Å². The molecule has 1 atom stereocenters. The van der Waals surface area contributed by atoms with Gasteiger partial charge in [-0.2, -0.15) is 5.10 Å². The Morgan fingerprint density at radius 2 is 2.10 bits per heavy atom. The third kappa shape index (κ3) is 4.34. The van der Waals surface area contributed by atoms with E-state index in [9.17, 15) is 4.79 Å². The summed E-state index contributed by atoms with van der Waals surface area (Å²) in [4.78, 5) is 14.2. The Balaban J connectivity index is 2.91. The second-order valence-electron chi connectivity index (χ2n) is 6.36. The Kier molecular flexibility index (Phi) is 5.74. The second kappa shape index (κ2) is 6.88. The molecule has 20 heavy (non-hydrogen) atoms. The quantitative estimate of drug-likeness (QED) is 0.862. The van der Waals surface area contributed by atoms with Gasteiger partial charge in [-0.1, -0.05) is 27.7 Å². The molecule has 1 N–H and O–H groups in total. The van der Waals surface area contributed by atoms with Crippen LogP contribution in [0.15, 0.2) is 17.1 Å². The van der Waals surface area contributed by atoms with Gasteiger partial charge in [-0.15, -0.1) is 0 Å². The third-order valence-electron chi connectivity index (χ3n) is 3.60. The smallest absolute Gasteiger partial charge is 0.268 e. The number of rotatable bonds is 6. The minimum absolute atomic E-state index is 0.0463. The van der Waals surface area contributed by atoms with Gasteiger partial charge in [0, 0.05) is 25.7 Å². The van der Waals surface area contributed by atoms with Crippen molar-refractivity contribution in [1.29, 1.82) is 0 Å². The van der Waals surface area contributed by atoms with E-state index in [0.29, 0.717) is 6.54 Å². The van der Waals surface area contributed by atoms with Gasteiger partial charge in [0.05, 0.1) is 18.4 Å². The van der Waals surface area contributed by atoms with Crippen molar-refractivity contribution in [3.63, 3.8) is 0 Å². The average Bonchev–Trinajstić information content (AvgIpc) is 2.36. The molecule has 0 spiro atoms. The number of hydrogen-bond donors (Lipinski definition) is 1. The van der Waals surface area contributed by atoms with Crippen molar-refractivity contribution in [2.24, 2.45) is 5.41 Å². The lowest BCUT2D eigenvalue weighted by molar-refractivity contribution is 0.244. The molecule has 0 saturated heterocycles. The molecule has 0 aliphatic rings. The van der Waals surface area contributed by atoms with E-state index in [0.717, 1.165) is 18.7 Å². The van der Waals surface area contributed by atoms with Crippen molar-refractivity contribution in [2.45, 2.75) is 46.7 Å². The summed E-state index contributed by atoms with van der Waals surface area (Å²) in [6, 6.07) is 1.87. The van der Waals surface area contributed by atoms with Gasteiger partial charge in [0.2, 0.25) is 0 Å². The van der Waals surface area contributed by atoms with E-state index in [2.05, 4.69) is 43.0 Å². The van der Waals surface area contributed by atoms with Gasteiger partial charge in [0.15, 0.2) is 0 Å². The Morgan fingerprint density at radius 1 is 1.45 bits per heavy atom. The number of anilines is 1. The van der Waals surface area contributed by atoms with Crippen molar-refractivity contribution in [1.82, 2.24) is 15.1 Å². The van der Waals surface area contributed by atoms with E-state index in [1.165, 1.54) is 4.68 Å². The van der Waals surface area contributed by atoms with Crippen molar-refractivity contribution >= 4 is 5.69 Å². The Labute approximate surface area is 122 Å². The molecule has 5 nitrogen and oxygen atoms in total. The molecule has 0 aliphatic heterocycles. The molecule has 0 bridgehead atoms. The van der Waals surface area contributed by atoms with E-state index >= 15 is 0 Å². The van der Waals surface area contributed by atoms with E-state index in [1.807, 2.05) is 14.1 Å². The number of likely N-dealkylation sites (N-methyl/N-ethyl adjacent to an activating group) is 1. The van der Waals surface area contributed by atoms with Crippen molar-refractivity contribution in [3.05, 3.63) is 22.6 Å². The lowest BCUT2D eigenvalue weighted by Gasteiger charge is -2.30. The predicted octanol–water partition coefficient (Wildman–Crippen LogP) is 1.72. The molecule has 5 heteroatoms. The summed E-state index contributed by atoms with van der Waals surface area (Å²) in [7, 11) is 3.90. The fraction of sp³-hybridized carbons (Fsp3) is 0.733. The van der Waals surface area contributed by atoms with Crippen molar-refractivity contribution < 1.29 is 0 Å². The molecule has 0 aromatic carbocycles. The van der Waals surface area contributed by atoms with Crippen molar-refractivity contribution in [3.8, 4) is 0 Å². The largest absolute Gasteiger partial charge is 0.373 e. The van der Waals surface area contributed by atoms with Gasteiger partial charge >= 0.3 is 0 Å². The first-order valence-corrected chi connectivity index (χ1v) is 7.25. The average molecular weight is 280 g/mol. The van der Waals surface area contributed by atoms with Crippen LogP contribution in [0, 0.1) is 5.41 Å². The van der Waals surface area contributed by atoms with E-state index in [-0.39, 0.29) is 17.0 Å². The summed E-state index contributed by atoms with van der Waals surface area (Å²) >= 11 is 0. The van der Waals surface area contributed by atoms with Gasteiger partial charge in [0.25, 0.3) is 5.56 Å². The number of nitrogens with one attached hydrogen (secondary N) is 1. The Hall–Kier alpha value is -1.36. The molecule has 0 saturated carbocycles. The highest BCUT2D eigenvalue weighted by Gasteiger charge is 2.24. The zero-order valence-electron chi connectivity index (χ0n) is 13.6. The van der Waals surface area contributed by atoms with Crippen LogP contribution < -0.4 is 15.8 Å². The number of nitrogens with zero attached hydrogens (tertiary/aromatic N) is 3. The molecule has 1 aromatic heterocycles. The highest BCUT2D eigenvalue weighted by atomic mass is 16.1. The van der Waals surface area contributed by atoms with Crippen LogP contribution in [0.25, 0.3) is 0 Å². The Morgan fingerprint density at radius 3 is 2.55 bits per heavy atom. The zero-order valence-corrected chi connectivity index (χ0v) is 13.6. The van der Waals surface area contributed by atoms with Crippen LogP contribution in [-0.2, 0) is 6.54 Å². The first kappa shape index (κ1) is 16.7. The minimum atomic E-state index is -0.0463. The normalized spacial score (nSPS) is 13.3. The maximum absolute atomic E-state index is 12.2. The minimum Gasteiger partial charge on any atom is -0.373 e. The summed E-state index contributed by atoms with van der Waals surface area (Å²) in [5.74, 6) is 0. The van der Waals surface area contributed by atoms with Crippen LogP contribution in [0.1, 0.15) is 34.1 Å². The summed E-state index contributed by atoms with van der Waals surface area (Å²) in [5, 5.41) is 7.57. The summed E-state index contributed by atoms with van der Waals surface area (Å²) < 4.78 is 1.54. The van der Waals surface area contributed by atoms with Crippen LogP contribution in [0.3, 0.4) is 0 Å². The number of aromatic nitrogens is 2. The molecule has 0 radical (unpaired) electrons.